The van der Waals surface area contributed by atoms with E-state index in [9.17, 15) is 0 Å². The van der Waals surface area contributed by atoms with Crippen molar-refractivity contribution in [2.24, 2.45) is 5.92 Å². The third-order valence-electron chi connectivity index (χ3n) is 2.49. The molecule has 0 radical (unpaired) electrons. The lowest BCUT2D eigenvalue weighted by Crippen LogP contribution is -1.95. The molecule has 1 aromatic rings. The van der Waals surface area contributed by atoms with Gasteiger partial charge in [-0.2, -0.15) is 0 Å². The smallest absolute Gasteiger partial charge is 0.0434 e. The molecule has 0 unspecified atom stereocenters. The van der Waals surface area contributed by atoms with Crippen LogP contribution in [0.25, 0.3) is 0 Å². The first kappa shape index (κ1) is 8.74. The molecule has 13 heavy (non-hydrogen) atoms. The normalized spacial score (nSPS) is 16.5. The fourth-order valence-electron chi connectivity index (χ4n) is 1.65. The number of rotatable bonds is 3. The van der Waals surface area contributed by atoms with Gasteiger partial charge in [0.05, 0.1) is 0 Å². The Hall–Kier alpha value is -0.850. The van der Waals surface area contributed by atoms with E-state index < -0.39 is 0 Å². The summed E-state index contributed by atoms with van der Waals surface area (Å²) in [5.41, 5.74) is 2.67. The fraction of sp³-hybridized carbons (Fsp3) is 0.583. The first-order chi connectivity index (χ1) is 6.25. The SMILES string of the molecule is CC(C)Cc1ccc(C2CC2)nc1. The summed E-state index contributed by atoms with van der Waals surface area (Å²) >= 11 is 0. The Kier molecular flexibility index (Phi) is 2.34. The summed E-state index contributed by atoms with van der Waals surface area (Å²) < 4.78 is 0. The molecule has 1 fully saturated rings. The van der Waals surface area contributed by atoms with Crippen LogP contribution in [0.3, 0.4) is 0 Å². The van der Waals surface area contributed by atoms with E-state index >= 15 is 0 Å². The van der Waals surface area contributed by atoms with Gasteiger partial charge in [-0.1, -0.05) is 19.9 Å². The molecule has 1 aromatic heterocycles. The zero-order chi connectivity index (χ0) is 9.26. The van der Waals surface area contributed by atoms with Gasteiger partial charge in [-0.3, -0.25) is 4.98 Å². The van der Waals surface area contributed by atoms with Gasteiger partial charge in [0.2, 0.25) is 0 Å². The van der Waals surface area contributed by atoms with Crippen LogP contribution in [0, 0.1) is 5.92 Å². The van der Waals surface area contributed by atoms with E-state index in [2.05, 4.69) is 31.0 Å². The summed E-state index contributed by atoms with van der Waals surface area (Å²) in [5, 5.41) is 0. The van der Waals surface area contributed by atoms with Crippen molar-refractivity contribution in [1.82, 2.24) is 4.98 Å². The Labute approximate surface area is 80.2 Å². The minimum atomic E-state index is 0.730. The Balaban J connectivity index is 2.04. The molecule has 1 aliphatic rings. The molecule has 1 saturated carbocycles. The van der Waals surface area contributed by atoms with Gasteiger partial charge in [0, 0.05) is 17.8 Å². The average Bonchev–Trinajstić information content (AvgIpc) is 2.87. The third-order valence-corrected chi connectivity index (χ3v) is 2.49. The highest BCUT2D eigenvalue weighted by Crippen LogP contribution is 2.38. The number of nitrogens with zero attached hydrogens (tertiary/aromatic N) is 1. The van der Waals surface area contributed by atoms with Crippen molar-refractivity contribution in [3.63, 3.8) is 0 Å². The lowest BCUT2D eigenvalue weighted by atomic mass is 10.0. The molecule has 0 aliphatic heterocycles. The van der Waals surface area contributed by atoms with Crippen molar-refractivity contribution in [3.05, 3.63) is 29.6 Å². The Bertz CT molecular complexity index is 270. The molecular weight excluding hydrogens is 158 g/mol. The van der Waals surface area contributed by atoms with E-state index in [1.165, 1.54) is 24.1 Å². The summed E-state index contributed by atoms with van der Waals surface area (Å²) in [6.45, 7) is 4.49. The van der Waals surface area contributed by atoms with Crippen LogP contribution in [0.5, 0.6) is 0 Å². The summed E-state index contributed by atoms with van der Waals surface area (Å²) in [4.78, 5) is 4.49. The van der Waals surface area contributed by atoms with Crippen LogP contribution in [-0.4, -0.2) is 4.98 Å². The molecule has 0 spiro atoms. The maximum Gasteiger partial charge on any atom is 0.0434 e. The Morgan fingerprint density at radius 3 is 2.62 bits per heavy atom. The summed E-state index contributed by atoms with van der Waals surface area (Å²) in [6, 6.07) is 4.44. The first-order valence-corrected chi connectivity index (χ1v) is 5.20. The largest absolute Gasteiger partial charge is 0.261 e. The van der Waals surface area contributed by atoms with Gasteiger partial charge in [-0.25, -0.2) is 0 Å². The van der Waals surface area contributed by atoms with Gasteiger partial charge >= 0.3 is 0 Å². The van der Waals surface area contributed by atoms with Crippen LogP contribution in [0.15, 0.2) is 18.3 Å². The molecule has 1 nitrogen and oxygen atoms in total. The number of hydrogen-bond donors (Lipinski definition) is 0. The van der Waals surface area contributed by atoms with Gasteiger partial charge in [0.1, 0.15) is 0 Å². The minimum absolute atomic E-state index is 0.730. The minimum Gasteiger partial charge on any atom is -0.261 e. The first-order valence-electron chi connectivity index (χ1n) is 5.20. The summed E-state index contributed by atoms with van der Waals surface area (Å²) in [6.07, 6.45) is 5.89. The van der Waals surface area contributed by atoms with Gasteiger partial charge in [0.15, 0.2) is 0 Å². The molecule has 0 bridgehead atoms. The molecular formula is C12H17N. The Morgan fingerprint density at radius 1 is 1.38 bits per heavy atom. The van der Waals surface area contributed by atoms with Crippen molar-refractivity contribution < 1.29 is 0 Å². The quantitative estimate of drug-likeness (QED) is 0.687. The molecule has 0 saturated heterocycles. The predicted octanol–water partition coefficient (Wildman–Crippen LogP) is 3.16. The molecule has 1 heterocycles. The summed E-state index contributed by atoms with van der Waals surface area (Å²) in [5.74, 6) is 1.52. The van der Waals surface area contributed by atoms with E-state index in [4.69, 9.17) is 0 Å². The molecule has 0 N–H and O–H groups in total. The van der Waals surface area contributed by atoms with Crippen molar-refractivity contribution >= 4 is 0 Å². The molecule has 0 atom stereocenters. The summed E-state index contributed by atoms with van der Waals surface area (Å²) in [7, 11) is 0. The van der Waals surface area contributed by atoms with Crippen LogP contribution in [0.2, 0.25) is 0 Å². The zero-order valence-corrected chi connectivity index (χ0v) is 8.46. The standard InChI is InChI=1S/C12H17N/c1-9(2)7-10-3-6-12(13-8-10)11-4-5-11/h3,6,8-9,11H,4-5,7H2,1-2H3. The number of aromatic nitrogens is 1. The monoisotopic (exact) mass is 175 g/mol. The highest BCUT2D eigenvalue weighted by atomic mass is 14.7. The molecule has 70 valence electrons. The van der Waals surface area contributed by atoms with Gasteiger partial charge in [0.25, 0.3) is 0 Å². The number of hydrogen-bond acceptors (Lipinski definition) is 1. The average molecular weight is 175 g/mol. The van der Waals surface area contributed by atoms with E-state index in [1.54, 1.807) is 0 Å². The highest BCUT2D eigenvalue weighted by molar-refractivity contribution is 5.20. The molecule has 1 heteroatoms. The van der Waals surface area contributed by atoms with E-state index in [-0.39, 0.29) is 0 Å². The van der Waals surface area contributed by atoms with Gasteiger partial charge in [-0.05, 0) is 36.8 Å². The van der Waals surface area contributed by atoms with Crippen LogP contribution in [0.4, 0.5) is 0 Å². The fourth-order valence-corrected chi connectivity index (χ4v) is 1.65. The second-order valence-electron chi connectivity index (χ2n) is 4.46. The highest BCUT2D eigenvalue weighted by Gasteiger charge is 2.24. The van der Waals surface area contributed by atoms with E-state index in [1.807, 2.05) is 6.20 Å². The van der Waals surface area contributed by atoms with Crippen LogP contribution in [0.1, 0.15) is 43.9 Å². The van der Waals surface area contributed by atoms with Crippen molar-refractivity contribution in [2.45, 2.75) is 39.0 Å². The van der Waals surface area contributed by atoms with Gasteiger partial charge in [-0.15, -0.1) is 0 Å². The maximum atomic E-state index is 4.49. The number of pyridine rings is 1. The van der Waals surface area contributed by atoms with Gasteiger partial charge < -0.3 is 0 Å². The Morgan fingerprint density at radius 2 is 2.15 bits per heavy atom. The topological polar surface area (TPSA) is 12.9 Å². The van der Waals surface area contributed by atoms with Crippen molar-refractivity contribution in [2.75, 3.05) is 0 Å². The van der Waals surface area contributed by atoms with Crippen molar-refractivity contribution in [3.8, 4) is 0 Å². The molecule has 1 aliphatic carbocycles. The van der Waals surface area contributed by atoms with Crippen LogP contribution in [-0.2, 0) is 6.42 Å². The van der Waals surface area contributed by atoms with Crippen LogP contribution >= 0.6 is 0 Å². The molecule has 2 rings (SSSR count). The predicted molar refractivity (Wildman–Crippen MR) is 54.8 cm³/mol. The third kappa shape index (κ3) is 2.30. The van der Waals surface area contributed by atoms with Crippen molar-refractivity contribution in [1.29, 1.82) is 0 Å². The zero-order valence-electron chi connectivity index (χ0n) is 8.46. The van der Waals surface area contributed by atoms with Crippen LogP contribution < -0.4 is 0 Å². The second-order valence-corrected chi connectivity index (χ2v) is 4.46. The molecule has 0 aromatic carbocycles. The lowest BCUT2D eigenvalue weighted by Gasteiger charge is -2.04. The maximum absolute atomic E-state index is 4.49. The van der Waals surface area contributed by atoms with E-state index in [0.29, 0.717) is 0 Å². The van der Waals surface area contributed by atoms with E-state index in [0.717, 1.165) is 18.3 Å². The second kappa shape index (κ2) is 3.49. The lowest BCUT2D eigenvalue weighted by molar-refractivity contribution is 0.645. The molecule has 0 amide bonds.